The Balaban J connectivity index is 1.93. The van der Waals surface area contributed by atoms with Crippen LogP contribution in [-0.2, 0) is 4.79 Å². The van der Waals surface area contributed by atoms with E-state index in [0.717, 1.165) is 25.3 Å². The molecule has 1 aliphatic rings. The number of unbranched alkanes of at least 4 members (excludes halogenated alkanes) is 1. The van der Waals surface area contributed by atoms with E-state index in [9.17, 15) is 4.79 Å². The minimum atomic E-state index is -0.681. The van der Waals surface area contributed by atoms with E-state index in [1.54, 1.807) is 0 Å². The Morgan fingerprint density at radius 3 is 2.73 bits per heavy atom. The van der Waals surface area contributed by atoms with Gasteiger partial charge in [-0.3, -0.25) is 4.79 Å². The van der Waals surface area contributed by atoms with Crippen LogP contribution in [0, 0.1) is 5.92 Å². The van der Waals surface area contributed by atoms with E-state index in [1.807, 2.05) is 0 Å². The number of carbonyl (C=O) groups is 1. The Morgan fingerprint density at radius 1 is 1.47 bits per heavy atom. The zero-order valence-electron chi connectivity index (χ0n) is 9.67. The van der Waals surface area contributed by atoms with Gasteiger partial charge in [0.25, 0.3) is 0 Å². The van der Waals surface area contributed by atoms with Crippen molar-refractivity contribution < 1.29 is 9.90 Å². The van der Waals surface area contributed by atoms with Crippen LogP contribution in [0.15, 0.2) is 0 Å². The summed E-state index contributed by atoms with van der Waals surface area (Å²) in [5.74, 6) is 0.293. The second kappa shape index (κ2) is 6.83. The van der Waals surface area contributed by atoms with Gasteiger partial charge in [0.05, 0.1) is 0 Å². The SMILES string of the molecule is CCC(CC1CC1)NCCCCC(=O)O. The van der Waals surface area contributed by atoms with E-state index in [-0.39, 0.29) is 0 Å². The molecule has 88 valence electrons. The Morgan fingerprint density at radius 2 is 2.20 bits per heavy atom. The molecule has 0 saturated heterocycles. The van der Waals surface area contributed by atoms with E-state index in [2.05, 4.69) is 12.2 Å². The molecule has 15 heavy (non-hydrogen) atoms. The fourth-order valence-corrected chi connectivity index (χ4v) is 1.86. The molecule has 0 aromatic carbocycles. The van der Waals surface area contributed by atoms with Gasteiger partial charge in [-0.2, -0.15) is 0 Å². The molecule has 2 N–H and O–H groups in total. The highest BCUT2D eigenvalue weighted by atomic mass is 16.4. The van der Waals surface area contributed by atoms with Crippen LogP contribution >= 0.6 is 0 Å². The van der Waals surface area contributed by atoms with E-state index in [1.165, 1.54) is 25.7 Å². The molecule has 1 saturated carbocycles. The van der Waals surface area contributed by atoms with Gasteiger partial charge in [-0.15, -0.1) is 0 Å². The Hall–Kier alpha value is -0.570. The molecule has 0 spiro atoms. The van der Waals surface area contributed by atoms with Crippen molar-refractivity contribution in [2.45, 2.75) is 57.9 Å². The Labute approximate surface area is 92.3 Å². The minimum Gasteiger partial charge on any atom is -0.481 e. The summed E-state index contributed by atoms with van der Waals surface area (Å²) in [7, 11) is 0. The quantitative estimate of drug-likeness (QED) is 0.578. The molecule has 0 aromatic heterocycles. The van der Waals surface area contributed by atoms with Crippen LogP contribution in [0.2, 0.25) is 0 Å². The first-order valence-corrected chi connectivity index (χ1v) is 6.17. The smallest absolute Gasteiger partial charge is 0.303 e. The normalized spacial score (nSPS) is 17.7. The molecule has 1 aliphatic carbocycles. The molecule has 0 radical (unpaired) electrons. The van der Waals surface area contributed by atoms with Crippen LogP contribution < -0.4 is 5.32 Å². The number of hydrogen-bond acceptors (Lipinski definition) is 2. The summed E-state index contributed by atoms with van der Waals surface area (Å²) in [6, 6.07) is 0.655. The van der Waals surface area contributed by atoms with Crippen molar-refractivity contribution in [3.05, 3.63) is 0 Å². The number of carboxylic acid groups (broad SMARTS) is 1. The van der Waals surface area contributed by atoms with Gasteiger partial charge in [-0.25, -0.2) is 0 Å². The van der Waals surface area contributed by atoms with Crippen molar-refractivity contribution in [2.24, 2.45) is 5.92 Å². The van der Waals surface area contributed by atoms with Crippen molar-refractivity contribution in [1.82, 2.24) is 5.32 Å². The van der Waals surface area contributed by atoms with E-state index in [0.29, 0.717) is 12.5 Å². The van der Waals surface area contributed by atoms with Crippen LogP contribution in [0.5, 0.6) is 0 Å². The van der Waals surface area contributed by atoms with Crippen LogP contribution in [0.1, 0.15) is 51.9 Å². The molecule has 0 bridgehead atoms. The molecule has 1 fully saturated rings. The van der Waals surface area contributed by atoms with Gasteiger partial charge in [0.1, 0.15) is 0 Å². The predicted octanol–water partition coefficient (Wildman–Crippen LogP) is 2.41. The fraction of sp³-hybridized carbons (Fsp3) is 0.917. The third-order valence-electron chi connectivity index (χ3n) is 3.06. The number of nitrogens with one attached hydrogen (secondary N) is 1. The summed E-state index contributed by atoms with van der Waals surface area (Å²) >= 11 is 0. The average molecular weight is 213 g/mol. The first-order chi connectivity index (χ1) is 7.22. The molecule has 3 heteroatoms. The maximum Gasteiger partial charge on any atom is 0.303 e. The largest absolute Gasteiger partial charge is 0.481 e. The number of carboxylic acids is 1. The Kier molecular flexibility index (Phi) is 5.69. The van der Waals surface area contributed by atoms with Gasteiger partial charge in [-0.1, -0.05) is 19.8 Å². The molecule has 1 unspecified atom stereocenters. The average Bonchev–Trinajstić information content (AvgIpc) is 2.99. The van der Waals surface area contributed by atoms with Gasteiger partial charge < -0.3 is 10.4 Å². The predicted molar refractivity (Wildman–Crippen MR) is 60.9 cm³/mol. The summed E-state index contributed by atoms with van der Waals surface area (Å²) < 4.78 is 0. The molecule has 1 atom stereocenters. The highest BCUT2D eigenvalue weighted by Gasteiger charge is 2.24. The van der Waals surface area contributed by atoms with Crippen LogP contribution in [0.4, 0.5) is 0 Å². The van der Waals surface area contributed by atoms with Gasteiger partial charge in [-0.05, 0) is 38.1 Å². The molecule has 0 aromatic rings. The van der Waals surface area contributed by atoms with Crippen molar-refractivity contribution in [3.8, 4) is 0 Å². The minimum absolute atomic E-state index is 0.307. The fourth-order valence-electron chi connectivity index (χ4n) is 1.86. The lowest BCUT2D eigenvalue weighted by Crippen LogP contribution is -2.29. The summed E-state index contributed by atoms with van der Waals surface area (Å²) in [6.45, 7) is 3.19. The van der Waals surface area contributed by atoms with Crippen molar-refractivity contribution in [2.75, 3.05) is 6.54 Å². The molecular weight excluding hydrogens is 190 g/mol. The van der Waals surface area contributed by atoms with Gasteiger partial charge in [0.2, 0.25) is 0 Å². The van der Waals surface area contributed by atoms with E-state index in [4.69, 9.17) is 5.11 Å². The van der Waals surface area contributed by atoms with Crippen LogP contribution in [0.3, 0.4) is 0 Å². The van der Waals surface area contributed by atoms with Gasteiger partial charge in [0.15, 0.2) is 0 Å². The summed E-state index contributed by atoms with van der Waals surface area (Å²) in [5, 5.41) is 12.0. The Bertz CT molecular complexity index is 190. The molecule has 0 aliphatic heterocycles. The summed E-state index contributed by atoms with van der Waals surface area (Å²) in [6.07, 6.45) is 7.41. The number of hydrogen-bond donors (Lipinski definition) is 2. The first kappa shape index (κ1) is 12.5. The third-order valence-corrected chi connectivity index (χ3v) is 3.06. The highest BCUT2D eigenvalue weighted by Crippen LogP contribution is 2.33. The van der Waals surface area contributed by atoms with Crippen molar-refractivity contribution >= 4 is 5.97 Å². The third kappa shape index (κ3) is 6.50. The molecule has 1 rings (SSSR count). The lowest BCUT2D eigenvalue weighted by molar-refractivity contribution is -0.137. The summed E-state index contributed by atoms with van der Waals surface area (Å²) in [4.78, 5) is 10.3. The lowest BCUT2D eigenvalue weighted by Gasteiger charge is -2.16. The van der Waals surface area contributed by atoms with Crippen molar-refractivity contribution in [1.29, 1.82) is 0 Å². The second-order valence-electron chi connectivity index (χ2n) is 4.59. The highest BCUT2D eigenvalue weighted by molar-refractivity contribution is 5.66. The number of aliphatic carboxylic acids is 1. The lowest BCUT2D eigenvalue weighted by atomic mass is 10.1. The molecule has 0 heterocycles. The molecular formula is C12H23NO2. The first-order valence-electron chi connectivity index (χ1n) is 6.17. The topological polar surface area (TPSA) is 49.3 Å². The standard InChI is InChI=1S/C12H23NO2/c1-2-11(9-10-6-7-10)13-8-4-3-5-12(14)15/h10-11,13H,2-9H2,1H3,(H,14,15). The maximum absolute atomic E-state index is 10.3. The van der Waals surface area contributed by atoms with Crippen LogP contribution in [0.25, 0.3) is 0 Å². The van der Waals surface area contributed by atoms with Gasteiger partial charge >= 0.3 is 5.97 Å². The zero-order chi connectivity index (χ0) is 11.1. The number of rotatable bonds is 9. The van der Waals surface area contributed by atoms with E-state index >= 15 is 0 Å². The molecule has 3 nitrogen and oxygen atoms in total. The van der Waals surface area contributed by atoms with Crippen LogP contribution in [-0.4, -0.2) is 23.7 Å². The monoisotopic (exact) mass is 213 g/mol. The van der Waals surface area contributed by atoms with Crippen molar-refractivity contribution in [3.63, 3.8) is 0 Å². The molecule has 0 amide bonds. The maximum atomic E-state index is 10.3. The summed E-state index contributed by atoms with van der Waals surface area (Å²) in [5.41, 5.74) is 0. The van der Waals surface area contributed by atoms with E-state index < -0.39 is 5.97 Å². The van der Waals surface area contributed by atoms with Gasteiger partial charge in [0, 0.05) is 12.5 Å². The zero-order valence-corrected chi connectivity index (χ0v) is 9.67. The second-order valence-corrected chi connectivity index (χ2v) is 4.59.